The second-order valence-corrected chi connectivity index (χ2v) is 4.23. The van der Waals surface area contributed by atoms with Crippen LogP contribution in [0.5, 0.6) is 0 Å². The predicted molar refractivity (Wildman–Crippen MR) is 67.1 cm³/mol. The van der Waals surface area contributed by atoms with E-state index in [2.05, 4.69) is 19.2 Å². The van der Waals surface area contributed by atoms with Crippen molar-refractivity contribution >= 4 is 5.96 Å². The van der Waals surface area contributed by atoms with Crippen molar-refractivity contribution in [1.82, 2.24) is 5.32 Å². The molecule has 0 fully saturated rings. The van der Waals surface area contributed by atoms with Crippen molar-refractivity contribution in [2.45, 2.75) is 58.8 Å². The largest absolute Gasteiger partial charge is 0.370 e. The number of guanidine groups is 1. The lowest BCUT2D eigenvalue weighted by Gasteiger charge is -2.11. The molecular formula is C12H27N3. The van der Waals surface area contributed by atoms with Crippen LogP contribution in [-0.2, 0) is 0 Å². The SMILES string of the molecule is CCC(CC)CCCCCCNC(=N)N. The lowest BCUT2D eigenvalue weighted by atomic mass is 9.96. The van der Waals surface area contributed by atoms with Crippen molar-refractivity contribution in [3.05, 3.63) is 0 Å². The highest BCUT2D eigenvalue weighted by molar-refractivity contribution is 5.74. The van der Waals surface area contributed by atoms with Crippen LogP contribution < -0.4 is 11.1 Å². The van der Waals surface area contributed by atoms with Crippen molar-refractivity contribution < 1.29 is 0 Å². The van der Waals surface area contributed by atoms with Gasteiger partial charge in [0.1, 0.15) is 0 Å². The number of hydrogen-bond donors (Lipinski definition) is 3. The Balaban J connectivity index is 3.14. The van der Waals surface area contributed by atoms with Crippen LogP contribution in [0.4, 0.5) is 0 Å². The Morgan fingerprint density at radius 2 is 1.73 bits per heavy atom. The third-order valence-corrected chi connectivity index (χ3v) is 3.01. The molecule has 0 saturated carbocycles. The zero-order chi connectivity index (χ0) is 11.5. The number of nitrogens with two attached hydrogens (primary N) is 1. The predicted octanol–water partition coefficient (Wildman–Crippen LogP) is 2.86. The summed E-state index contributed by atoms with van der Waals surface area (Å²) in [6.45, 7) is 5.41. The van der Waals surface area contributed by atoms with Gasteiger partial charge in [0, 0.05) is 6.54 Å². The third kappa shape index (κ3) is 9.57. The Morgan fingerprint density at radius 3 is 2.27 bits per heavy atom. The molecule has 0 spiro atoms. The van der Waals surface area contributed by atoms with E-state index in [-0.39, 0.29) is 5.96 Å². The molecular weight excluding hydrogens is 186 g/mol. The van der Waals surface area contributed by atoms with Crippen LogP contribution in [0.25, 0.3) is 0 Å². The monoisotopic (exact) mass is 213 g/mol. The molecule has 0 aliphatic heterocycles. The second-order valence-electron chi connectivity index (χ2n) is 4.23. The van der Waals surface area contributed by atoms with Crippen LogP contribution >= 0.6 is 0 Å². The van der Waals surface area contributed by atoms with Gasteiger partial charge in [-0.2, -0.15) is 0 Å². The average molecular weight is 213 g/mol. The summed E-state index contributed by atoms with van der Waals surface area (Å²) in [7, 11) is 0. The van der Waals surface area contributed by atoms with Crippen LogP contribution in [0.2, 0.25) is 0 Å². The normalized spacial score (nSPS) is 10.6. The fourth-order valence-corrected chi connectivity index (χ4v) is 1.83. The first kappa shape index (κ1) is 14.3. The van der Waals surface area contributed by atoms with Gasteiger partial charge < -0.3 is 11.1 Å². The fraction of sp³-hybridized carbons (Fsp3) is 0.917. The number of hydrogen-bond acceptors (Lipinski definition) is 1. The summed E-state index contributed by atoms with van der Waals surface area (Å²) in [4.78, 5) is 0. The first-order valence-electron chi connectivity index (χ1n) is 6.28. The van der Waals surface area contributed by atoms with Crippen molar-refractivity contribution in [2.75, 3.05) is 6.54 Å². The van der Waals surface area contributed by atoms with Gasteiger partial charge in [-0.15, -0.1) is 0 Å². The van der Waals surface area contributed by atoms with Crippen molar-refractivity contribution in [1.29, 1.82) is 5.41 Å². The van der Waals surface area contributed by atoms with Gasteiger partial charge in [-0.1, -0.05) is 52.4 Å². The fourth-order valence-electron chi connectivity index (χ4n) is 1.83. The van der Waals surface area contributed by atoms with Gasteiger partial charge in [0.2, 0.25) is 0 Å². The van der Waals surface area contributed by atoms with Gasteiger partial charge in [0.25, 0.3) is 0 Å². The van der Waals surface area contributed by atoms with Crippen LogP contribution in [0.3, 0.4) is 0 Å². The first-order valence-corrected chi connectivity index (χ1v) is 6.28. The molecule has 0 rings (SSSR count). The summed E-state index contributed by atoms with van der Waals surface area (Å²) in [5.74, 6) is 1.02. The molecule has 3 nitrogen and oxygen atoms in total. The first-order chi connectivity index (χ1) is 7.20. The van der Waals surface area contributed by atoms with Crippen LogP contribution in [0.15, 0.2) is 0 Å². The molecule has 0 atom stereocenters. The Bertz CT molecular complexity index is 153. The van der Waals surface area contributed by atoms with Crippen LogP contribution in [0, 0.1) is 11.3 Å². The Morgan fingerprint density at radius 1 is 1.13 bits per heavy atom. The van der Waals surface area contributed by atoms with Crippen molar-refractivity contribution in [3.63, 3.8) is 0 Å². The second kappa shape index (κ2) is 9.81. The topological polar surface area (TPSA) is 61.9 Å². The minimum atomic E-state index is 0.0898. The molecule has 0 bridgehead atoms. The Kier molecular flexibility index (Phi) is 9.33. The molecule has 3 heteroatoms. The molecule has 0 aliphatic carbocycles. The maximum atomic E-state index is 6.98. The molecule has 0 heterocycles. The molecule has 0 radical (unpaired) electrons. The summed E-state index contributed by atoms with van der Waals surface area (Å²) in [6, 6.07) is 0. The minimum Gasteiger partial charge on any atom is -0.370 e. The number of unbranched alkanes of at least 4 members (excludes halogenated alkanes) is 3. The quantitative estimate of drug-likeness (QED) is 0.313. The molecule has 4 N–H and O–H groups in total. The van der Waals surface area contributed by atoms with E-state index in [1.54, 1.807) is 0 Å². The van der Waals surface area contributed by atoms with Gasteiger partial charge in [0.05, 0.1) is 0 Å². The van der Waals surface area contributed by atoms with E-state index in [4.69, 9.17) is 11.1 Å². The van der Waals surface area contributed by atoms with Crippen LogP contribution in [0.1, 0.15) is 58.8 Å². The minimum absolute atomic E-state index is 0.0898. The van der Waals surface area contributed by atoms with Crippen LogP contribution in [-0.4, -0.2) is 12.5 Å². The molecule has 0 aromatic carbocycles. The molecule has 0 saturated heterocycles. The maximum absolute atomic E-state index is 6.98. The van der Waals surface area contributed by atoms with E-state index in [1.807, 2.05) is 0 Å². The number of nitrogens with one attached hydrogen (secondary N) is 2. The summed E-state index contributed by atoms with van der Waals surface area (Å²) >= 11 is 0. The van der Waals surface area contributed by atoms with E-state index in [0.717, 1.165) is 18.9 Å². The molecule has 0 unspecified atom stereocenters. The molecule has 90 valence electrons. The molecule has 0 aromatic rings. The van der Waals surface area contributed by atoms with Gasteiger partial charge in [-0.25, -0.2) is 0 Å². The van der Waals surface area contributed by atoms with Gasteiger partial charge in [-0.3, -0.25) is 5.41 Å². The summed E-state index contributed by atoms with van der Waals surface area (Å²) in [6.07, 6.45) is 9.07. The van der Waals surface area contributed by atoms with E-state index >= 15 is 0 Å². The zero-order valence-corrected chi connectivity index (χ0v) is 10.3. The molecule has 0 aromatic heterocycles. The summed E-state index contributed by atoms with van der Waals surface area (Å²) in [5, 5.41) is 9.81. The highest BCUT2D eigenvalue weighted by Gasteiger charge is 2.01. The lowest BCUT2D eigenvalue weighted by molar-refractivity contribution is 0.428. The molecule has 0 aliphatic rings. The highest BCUT2D eigenvalue weighted by atomic mass is 15.0. The Hall–Kier alpha value is -0.730. The van der Waals surface area contributed by atoms with Gasteiger partial charge in [-0.05, 0) is 12.3 Å². The standard InChI is InChI=1S/C12H27N3/c1-3-11(4-2)9-7-5-6-8-10-15-12(13)14/h11H,3-10H2,1-2H3,(H4,13,14,15). The van der Waals surface area contributed by atoms with E-state index in [9.17, 15) is 0 Å². The van der Waals surface area contributed by atoms with Gasteiger partial charge in [0.15, 0.2) is 5.96 Å². The zero-order valence-electron chi connectivity index (χ0n) is 10.3. The van der Waals surface area contributed by atoms with Crippen molar-refractivity contribution in [2.24, 2.45) is 11.7 Å². The molecule has 0 amide bonds. The van der Waals surface area contributed by atoms with E-state index in [0.29, 0.717) is 0 Å². The van der Waals surface area contributed by atoms with Crippen molar-refractivity contribution in [3.8, 4) is 0 Å². The lowest BCUT2D eigenvalue weighted by Crippen LogP contribution is -2.30. The smallest absolute Gasteiger partial charge is 0.185 e. The van der Waals surface area contributed by atoms with E-state index < -0.39 is 0 Å². The van der Waals surface area contributed by atoms with E-state index in [1.165, 1.54) is 38.5 Å². The Labute approximate surface area is 94.3 Å². The maximum Gasteiger partial charge on any atom is 0.185 e. The summed E-state index contributed by atoms with van der Waals surface area (Å²) < 4.78 is 0. The third-order valence-electron chi connectivity index (χ3n) is 3.01. The number of rotatable bonds is 9. The van der Waals surface area contributed by atoms with Gasteiger partial charge >= 0.3 is 0 Å². The highest BCUT2D eigenvalue weighted by Crippen LogP contribution is 2.16. The molecule has 15 heavy (non-hydrogen) atoms. The summed E-state index contributed by atoms with van der Waals surface area (Å²) in [5.41, 5.74) is 5.18. The average Bonchev–Trinajstić information content (AvgIpc) is 2.22.